The van der Waals surface area contributed by atoms with Crippen LogP contribution in [0.1, 0.15) is 4.88 Å². The summed E-state index contributed by atoms with van der Waals surface area (Å²) in [5.74, 6) is 0.698. The molecule has 0 aliphatic rings. The van der Waals surface area contributed by atoms with Gasteiger partial charge in [0, 0.05) is 29.6 Å². The van der Waals surface area contributed by atoms with Gasteiger partial charge in [0.25, 0.3) is 5.56 Å². The Bertz CT molecular complexity index is 918. The average Bonchev–Trinajstić information content (AvgIpc) is 3.16. The number of thiophene rings is 1. The number of rotatable bonds is 7. The molecule has 2 aromatic heterocycles. The summed E-state index contributed by atoms with van der Waals surface area (Å²) in [6.45, 7) is 0.762. The summed E-state index contributed by atoms with van der Waals surface area (Å²) in [5.41, 5.74) is 1.30. The molecule has 0 fully saturated rings. The van der Waals surface area contributed by atoms with Crippen molar-refractivity contribution in [2.24, 2.45) is 0 Å². The Hall–Kier alpha value is -2.93. The summed E-state index contributed by atoms with van der Waals surface area (Å²) in [7, 11) is 1.60. The van der Waals surface area contributed by atoms with Crippen LogP contribution in [0.5, 0.6) is 5.75 Å². The number of nitrogens with zero attached hydrogens (tertiary/aromatic N) is 2. The minimum absolute atomic E-state index is 0.0525. The van der Waals surface area contributed by atoms with E-state index in [1.54, 1.807) is 18.4 Å². The van der Waals surface area contributed by atoms with E-state index in [1.165, 1.54) is 17.0 Å². The molecule has 0 saturated carbocycles. The minimum atomic E-state index is -0.154. The van der Waals surface area contributed by atoms with Crippen LogP contribution in [0.25, 0.3) is 11.3 Å². The SMILES string of the molecule is COc1ccc(-c2cc(=O)n(CCNC(=O)Cc3cccs3)cn2)cc1. The number of nitrogens with one attached hydrogen (secondary N) is 1. The first-order valence-electron chi connectivity index (χ1n) is 8.16. The van der Waals surface area contributed by atoms with E-state index in [-0.39, 0.29) is 11.5 Å². The van der Waals surface area contributed by atoms with Crippen LogP contribution in [0.2, 0.25) is 0 Å². The fourth-order valence-corrected chi connectivity index (χ4v) is 3.17. The lowest BCUT2D eigenvalue weighted by Gasteiger charge is -2.08. The highest BCUT2D eigenvalue weighted by atomic mass is 32.1. The lowest BCUT2D eigenvalue weighted by Crippen LogP contribution is -2.31. The smallest absolute Gasteiger partial charge is 0.253 e. The van der Waals surface area contributed by atoms with Crippen molar-refractivity contribution in [1.29, 1.82) is 0 Å². The van der Waals surface area contributed by atoms with E-state index in [4.69, 9.17) is 4.74 Å². The maximum atomic E-state index is 12.3. The fourth-order valence-electron chi connectivity index (χ4n) is 2.46. The van der Waals surface area contributed by atoms with Gasteiger partial charge in [-0.15, -0.1) is 11.3 Å². The van der Waals surface area contributed by atoms with Crippen LogP contribution < -0.4 is 15.6 Å². The second-order valence-corrected chi connectivity index (χ2v) is 6.67. The van der Waals surface area contributed by atoms with Gasteiger partial charge >= 0.3 is 0 Å². The molecule has 0 spiro atoms. The largest absolute Gasteiger partial charge is 0.497 e. The van der Waals surface area contributed by atoms with Crippen LogP contribution in [0.15, 0.2) is 59.0 Å². The molecule has 6 nitrogen and oxygen atoms in total. The molecule has 0 aliphatic heterocycles. The van der Waals surface area contributed by atoms with E-state index in [1.807, 2.05) is 41.8 Å². The summed E-state index contributed by atoms with van der Waals surface area (Å²) >= 11 is 1.55. The number of hydrogen-bond acceptors (Lipinski definition) is 5. The van der Waals surface area contributed by atoms with E-state index < -0.39 is 0 Å². The summed E-state index contributed by atoms with van der Waals surface area (Å²) in [5, 5.41) is 4.76. The van der Waals surface area contributed by atoms with Crippen molar-refractivity contribution < 1.29 is 9.53 Å². The van der Waals surface area contributed by atoms with Crippen LogP contribution >= 0.6 is 11.3 Å². The second-order valence-electron chi connectivity index (χ2n) is 5.64. The first kappa shape index (κ1) is 17.9. The van der Waals surface area contributed by atoms with Crippen molar-refractivity contribution in [3.05, 3.63) is 69.4 Å². The van der Waals surface area contributed by atoms with Crippen LogP contribution in [0, 0.1) is 0 Å². The first-order valence-corrected chi connectivity index (χ1v) is 9.03. The summed E-state index contributed by atoms with van der Waals surface area (Å²) in [4.78, 5) is 29.5. The Morgan fingerprint density at radius 2 is 2.08 bits per heavy atom. The molecule has 1 N–H and O–H groups in total. The van der Waals surface area contributed by atoms with Gasteiger partial charge in [0.2, 0.25) is 5.91 Å². The van der Waals surface area contributed by atoms with Crippen LogP contribution in [-0.2, 0) is 17.8 Å². The monoisotopic (exact) mass is 369 g/mol. The molecule has 3 aromatic rings. The third kappa shape index (κ3) is 4.58. The normalized spacial score (nSPS) is 10.5. The number of methoxy groups -OCH3 is 1. The zero-order valence-electron chi connectivity index (χ0n) is 14.3. The number of amides is 1. The van der Waals surface area contributed by atoms with Crippen LogP contribution in [-0.4, -0.2) is 29.1 Å². The van der Waals surface area contributed by atoms with Crippen molar-refractivity contribution >= 4 is 17.2 Å². The Kier molecular flexibility index (Phi) is 5.80. The van der Waals surface area contributed by atoms with Gasteiger partial charge in [0.15, 0.2) is 0 Å². The van der Waals surface area contributed by atoms with Crippen molar-refractivity contribution in [3.63, 3.8) is 0 Å². The minimum Gasteiger partial charge on any atom is -0.497 e. The molecular weight excluding hydrogens is 350 g/mol. The molecule has 26 heavy (non-hydrogen) atoms. The van der Waals surface area contributed by atoms with Crippen LogP contribution in [0.3, 0.4) is 0 Å². The maximum absolute atomic E-state index is 12.3. The quantitative estimate of drug-likeness (QED) is 0.694. The Balaban J connectivity index is 1.57. The molecular formula is C19H19N3O3S. The van der Waals surface area contributed by atoms with E-state index in [2.05, 4.69) is 10.3 Å². The van der Waals surface area contributed by atoms with Gasteiger partial charge in [-0.25, -0.2) is 4.98 Å². The van der Waals surface area contributed by atoms with E-state index in [0.717, 1.165) is 16.2 Å². The van der Waals surface area contributed by atoms with Gasteiger partial charge in [-0.2, -0.15) is 0 Å². The van der Waals surface area contributed by atoms with Gasteiger partial charge in [-0.05, 0) is 35.7 Å². The molecule has 1 aromatic carbocycles. The zero-order chi connectivity index (χ0) is 18.4. The molecule has 0 unspecified atom stereocenters. The van der Waals surface area contributed by atoms with Crippen molar-refractivity contribution in [2.45, 2.75) is 13.0 Å². The van der Waals surface area contributed by atoms with Gasteiger partial charge in [0.05, 0.1) is 25.6 Å². The molecule has 3 rings (SSSR count). The third-order valence-corrected chi connectivity index (χ3v) is 4.73. The molecule has 2 heterocycles. The summed E-state index contributed by atoms with van der Waals surface area (Å²) in [6, 6.07) is 12.7. The summed E-state index contributed by atoms with van der Waals surface area (Å²) < 4.78 is 6.61. The highest BCUT2D eigenvalue weighted by Crippen LogP contribution is 2.19. The van der Waals surface area contributed by atoms with Crippen LogP contribution in [0.4, 0.5) is 0 Å². The maximum Gasteiger partial charge on any atom is 0.253 e. The summed E-state index contributed by atoms with van der Waals surface area (Å²) in [6.07, 6.45) is 1.87. The number of aromatic nitrogens is 2. The van der Waals surface area contributed by atoms with Gasteiger partial charge in [-0.3, -0.25) is 14.2 Å². The van der Waals surface area contributed by atoms with E-state index in [9.17, 15) is 9.59 Å². The molecule has 7 heteroatoms. The van der Waals surface area contributed by atoms with Gasteiger partial charge in [-0.1, -0.05) is 6.07 Å². The lowest BCUT2D eigenvalue weighted by molar-refractivity contribution is -0.120. The highest BCUT2D eigenvalue weighted by Gasteiger charge is 2.06. The van der Waals surface area contributed by atoms with Crippen molar-refractivity contribution in [2.75, 3.05) is 13.7 Å². The zero-order valence-corrected chi connectivity index (χ0v) is 15.2. The Morgan fingerprint density at radius 1 is 1.27 bits per heavy atom. The molecule has 0 atom stereocenters. The number of hydrogen-bond donors (Lipinski definition) is 1. The molecule has 0 saturated heterocycles. The molecule has 1 amide bonds. The van der Waals surface area contributed by atoms with Crippen molar-refractivity contribution in [3.8, 4) is 17.0 Å². The lowest BCUT2D eigenvalue weighted by atomic mass is 10.1. The number of carbonyl (C=O) groups excluding carboxylic acids is 1. The molecule has 0 bridgehead atoms. The Morgan fingerprint density at radius 3 is 2.73 bits per heavy atom. The van der Waals surface area contributed by atoms with E-state index in [0.29, 0.717) is 25.2 Å². The Labute approximate surface area is 155 Å². The number of ether oxygens (including phenoxy) is 1. The molecule has 0 radical (unpaired) electrons. The fraction of sp³-hybridized carbons (Fsp3) is 0.211. The first-order chi connectivity index (χ1) is 12.7. The van der Waals surface area contributed by atoms with E-state index >= 15 is 0 Å². The number of benzene rings is 1. The highest BCUT2D eigenvalue weighted by molar-refractivity contribution is 7.10. The van der Waals surface area contributed by atoms with Gasteiger partial charge in [0.1, 0.15) is 5.75 Å². The van der Waals surface area contributed by atoms with Crippen molar-refractivity contribution in [1.82, 2.24) is 14.9 Å². The average molecular weight is 369 g/mol. The predicted octanol–water partition coefficient (Wildman–Crippen LogP) is 2.34. The standard InChI is InChI=1S/C19H19N3O3S/c1-25-15-6-4-14(5-7-15)17-12-19(24)22(13-21-17)9-8-20-18(23)11-16-3-2-10-26-16/h2-7,10,12-13H,8-9,11H2,1H3,(H,20,23). The topological polar surface area (TPSA) is 73.2 Å². The third-order valence-electron chi connectivity index (χ3n) is 3.86. The molecule has 0 aliphatic carbocycles. The van der Waals surface area contributed by atoms with Gasteiger partial charge < -0.3 is 10.1 Å². The number of carbonyl (C=O) groups is 1. The predicted molar refractivity (Wildman–Crippen MR) is 102 cm³/mol. The second kappa shape index (κ2) is 8.44. The molecule has 134 valence electrons.